The van der Waals surface area contributed by atoms with Gasteiger partial charge in [0, 0.05) is 39.3 Å². The molecule has 2 fully saturated rings. The average molecular weight is 356 g/mol. The van der Waals surface area contributed by atoms with Gasteiger partial charge in [0.05, 0.1) is 21.0 Å². The third-order valence-corrected chi connectivity index (χ3v) is 5.21. The maximum Gasteiger partial charge on any atom is 0.257 e. The van der Waals surface area contributed by atoms with Gasteiger partial charge in [0.15, 0.2) is 0 Å². The lowest BCUT2D eigenvalue weighted by Gasteiger charge is -2.44. The van der Waals surface area contributed by atoms with E-state index in [-0.39, 0.29) is 17.2 Å². The predicted octanol–water partition coefficient (Wildman–Crippen LogP) is 1.89. The molecule has 0 aliphatic carbocycles. The van der Waals surface area contributed by atoms with E-state index in [0.29, 0.717) is 41.8 Å². The highest BCUT2D eigenvalue weighted by Crippen LogP contribution is 2.28. The summed E-state index contributed by atoms with van der Waals surface area (Å²) in [5, 5.41) is 3.85. The summed E-state index contributed by atoms with van der Waals surface area (Å²) >= 11 is 12.2. The largest absolute Gasteiger partial charge is 0.339 e. The second-order valence-corrected chi connectivity index (χ2v) is 7.16. The Balaban J connectivity index is 1.65. The lowest BCUT2D eigenvalue weighted by atomic mass is 9.82. The van der Waals surface area contributed by atoms with Crippen LogP contribution in [0.4, 0.5) is 0 Å². The van der Waals surface area contributed by atoms with E-state index in [2.05, 4.69) is 5.32 Å². The van der Waals surface area contributed by atoms with Gasteiger partial charge in [0.25, 0.3) is 5.91 Å². The zero-order valence-corrected chi connectivity index (χ0v) is 14.5. The van der Waals surface area contributed by atoms with Crippen molar-refractivity contribution in [2.45, 2.75) is 6.92 Å². The Morgan fingerprint density at radius 2 is 1.57 bits per heavy atom. The van der Waals surface area contributed by atoms with Crippen molar-refractivity contribution in [1.82, 2.24) is 15.1 Å². The summed E-state index contributed by atoms with van der Waals surface area (Å²) < 4.78 is 0. The highest BCUT2D eigenvalue weighted by atomic mass is 35.5. The molecule has 3 rings (SSSR count). The molecule has 1 N–H and O–H groups in total. The fourth-order valence-corrected chi connectivity index (χ4v) is 3.56. The maximum absolute atomic E-state index is 12.6. The number of piperazine rings is 1. The Bertz CT molecular complexity index is 618. The second kappa shape index (κ2) is 6.30. The molecule has 0 radical (unpaired) electrons. The molecule has 1 aromatic carbocycles. The van der Waals surface area contributed by atoms with Gasteiger partial charge < -0.3 is 15.1 Å². The second-order valence-electron chi connectivity index (χ2n) is 6.35. The fraction of sp³-hybridized carbons (Fsp3) is 0.500. The van der Waals surface area contributed by atoms with E-state index in [9.17, 15) is 9.59 Å². The van der Waals surface area contributed by atoms with Crippen molar-refractivity contribution >= 4 is 35.0 Å². The number of nitrogens with one attached hydrogen (secondary N) is 1. The molecule has 0 unspecified atom stereocenters. The Hall–Kier alpha value is -1.30. The van der Waals surface area contributed by atoms with Gasteiger partial charge in [-0.2, -0.15) is 0 Å². The first-order valence-corrected chi connectivity index (χ1v) is 8.41. The van der Waals surface area contributed by atoms with Crippen LogP contribution in [0, 0.1) is 5.41 Å². The number of carbonyl (C=O) groups is 2. The van der Waals surface area contributed by atoms with Crippen LogP contribution in [0.25, 0.3) is 0 Å². The van der Waals surface area contributed by atoms with Gasteiger partial charge in [-0.3, -0.25) is 9.59 Å². The lowest BCUT2D eigenvalue weighted by molar-refractivity contribution is -0.145. The van der Waals surface area contributed by atoms with Gasteiger partial charge in [-0.15, -0.1) is 0 Å². The number of benzene rings is 1. The van der Waals surface area contributed by atoms with Gasteiger partial charge >= 0.3 is 0 Å². The molecule has 124 valence electrons. The third kappa shape index (κ3) is 3.05. The quantitative estimate of drug-likeness (QED) is 0.881. The van der Waals surface area contributed by atoms with Crippen molar-refractivity contribution in [3.63, 3.8) is 0 Å². The van der Waals surface area contributed by atoms with Crippen molar-refractivity contribution in [1.29, 1.82) is 0 Å². The molecule has 2 aliphatic rings. The molecular formula is C16H19Cl2N3O2. The molecule has 0 bridgehead atoms. The minimum Gasteiger partial charge on any atom is -0.339 e. The van der Waals surface area contributed by atoms with Crippen molar-refractivity contribution in [2.24, 2.45) is 5.41 Å². The summed E-state index contributed by atoms with van der Waals surface area (Å²) in [5.74, 6) is -0.0108. The summed E-state index contributed by atoms with van der Waals surface area (Å²) in [7, 11) is 0. The van der Waals surface area contributed by atoms with Gasteiger partial charge in [-0.25, -0.2) is 0 Å². The first kappa shape index (κ1) is 16.6. The highest BCUT2D eigenvalue weighted by Gasteiger charge is 2.42. The summed E-state index contributed by atoms with van der Waals surface area (Å²) in [6, 6.07) is 5.03. The van der Waals surface area contributed by atoms with Crippen LogP contribution in [0.1, 0.15) is 17.3 Å². The third-order valence-electron chi connectivity index (χ3n) is 4.58. The average Bonchev–Trinajstić information content (AvgIpc) is 2.52. The Morgan fingerprint density at radius 3 is 2.04 bits per heavy atom. The van der Waals surface area contributed by atoms with Gasteiger partial charge in [0.1, 0.15) is 0 Å². The van der Waals surface area contributed by atoms with E-state index in [1.165, 1.54) is 0 Å². The molecule has 23 heavy (non-hydrogen) atoms. The molecule has 2 aliphatic heterocycles. The Labute approximate surface area is 145 Å². The summed E-state index contributed by atoms with van der Waals surface area (Å²) in [6.45, 7) is 5.50. The molecule has 7 heteroatoms. The normalized spacial score (nSPS) is 20.1. The van der Waals surface area contributed by atoms with E-state index in [1.54, 1.807) is 23.1 Å². The number of carbonyl (C=O) groups excluding carboxylic acids is 2. The van der Waals surface area contributed by atoms with Gasteiger partial charge in [0.2, 0.25) is 5.91 Å². The van der Waals surface area contributed by atoms with E-state index in [0.717, 1.165) is 13.1 Å². The summed E-state index contributed by atoms with van der Waals surface area (Å²) in [6.07, 6.45) is 0. The number of hydrogen-bond acceptors (Lipinski definition) is 3. The number of amides is 2. The van der Waals surface area contributed by atoms with Gasteiger partial charge in [-0.1, -0.05) is 29.3 Å². The van der Waals surface area contributed by atoms with Gasteiger partial charge in [-0.05, 0) is 19.1 Å². The molecule has 0 spiro atoms. The first-order chi connectivity index (χ1) is 10.9. The SMILES string of the molecule is CC1(C(=O)N2CCN(C(=O)c3c(Cl)cccc3Cl)CC2)CNC1. The Kier molecular flexibility index (Phi) is 4.54. The highest BCUT2D eigenvalue weighted by molar-refractivity contribution is 6.39. The van der Waals surface area contributed by atoms with Crippen LogP contribution in [-0.2, 0) is 4.79 Å². The van der Waals surface area contributed by atoms with Crippen molar-refractivity contribution in [3.8, 4) is 0 Å². The van der Waals surface area contributed by atoms with E-state index >= 15 is 0 Å². The molecular weight excluding hydrogens is 337 g/mol. The molecule has 2 amide bonds. The molecule has 5 nitrogen and oxygen atoms in total. The van der Waals surface area contributed by atoms with Crippen LogP contribution in [-0.4, -0.2) is 60.9 Å². The van der Waals surface area contributed by atoms with E-state index in [1.807, 2.05) is 11.8 Å². The lowest BCUT2D eigenvalue weighted by Crippen LogP contribution is -2.63. The standard InChI is InChI=1S/C16H19Cl2N3O2/c1-16(9-19-10-16)15(23)21-7-5-20(6-8-21)14(22)13-11(17)3-2-4-12(13)18/h2-4,19H,5-10H2,1H3. The Morgan fingerprint density at radius 1 is 1.04 bits per heavy atom. The molecule has 0 saturated carbocycles. The molecule has 0 aromatic heterocycles. The number of halogens is 2. The minimum atomic E-state index is -0.293. The van der Waals surface area contributed by atoms with Crippen LogP contribution in [0.15, 0.2) is 18.2 Å². The summed E-state index contributed by atoms with van der Waals surface area (Å²) in [4.78, 5) is 28.7. The van der Waals surface area contributed by atoms with Crippen LogP contribution in [0.3, 0.4) is 0 Å². The van der Waals surface area contributed by atoms with Crippen molar-refractivity contribution in [3.05, 3.63) is 33.8 Å². The smallest absolute Gasteiger partial charge is 0.257 e. The molecule has 0 atom stereocenters. The number of nitrogens with zero attached hydrogens (tertiary/aromatic N) is 2. The minimum absolute atomic E-state index is 0.166. The predicted molar refractivity (Wildman–Crippen MR) is 89.9 cm³/mol. The number of rotatable bonds is 2. The zero-order chi connectivity index (χ0) is 16.6. The zero-order valence-electron chi connectivity index (χ0n) is 12.9. The van der Waals surface area contributed by atoms with E-state index in [4.69, 9.17) is 23.2 Å². The topological polar surface area (TPSA) is 52.7 Å². The first-order valence-electron chi connectivity index (χ1n) is 7.66. The fourth-order valence-electron chi connectivity index (χ4n) is 3.01. The summed E-state index contributed by atoms with van der Waals surface area (Å²) in [5.41, 5.74) is 0.0452. The number of hydrogen-bond donors (Lipinski definition) is 1. The monoisotopic (exact) mass is 355 g/mol. The van der Waals surface area contributed by atoms with E-state index < -0.39 is 0 Å². The molecule has 1 aromatic rings. The van der Waals surface area contributed by atoms with Crippen LogP contribution in [0.2, 0.25) is 10.0 Å². The van der Waals surface area contributed by atoms with Crippen LogP contribution in [0.5, 0.6) is 0 Å². The van der Waals surface area contributed by atoms with Crippen molar-refractivity contribution < 1.29 is 9.59 Å². The molecule has 2 saturated heterocycles. The van der Waals surface area contributed by atoms with Crippen molar-refractivity contribution in [2.75, 3.05) is 39.3 Å². The van der Waals surface area contributed by atoms with Crippen LogP contribution < -0.4 is 5.32 Å². The van der Waals surface area contributed by atoms with Crippen LogP contribution >= 0.6 is 23.2 Å². The molecule has 2 heterocycles. The maximum atomic E-state index is 12.6.